The molecule has 1 saturated carbocycles. The molecule has 7 nitrogen and oxygen atoms in total. The topological polar surface area (TPSA) is 99.1 Å². The van der Waals surface area contributed by atoms with Gasteiger partial charge in [0.2, 0.25) is 0 Å². The maximum Gasteiger partial charge on any atom is 0.334 e. The van der Waals surface area contributed by atoms with Crippen molar-refractivity contribution in [2.75, 3.05) is 13.2 Å². The molecule has 7 heteroatoms. The molecule has 2 aliphatic carbocycles. The number of aliphatic hydroxyl groups excluding tert-OH is 1. The third-order valence-electron chi connectivity index (χ3n) is 7.74. The highest BCUT2D eigenvalue weighted by atomic mass is 16.6. The summed E-state index contributed by atoms with van der Waals surface area (Å²) in [5, 5.41) is 10.5. The van der Waals surface area contributed by atoms with Gasteiger partial charge in [-0.05, 0) is 55.1 Å². The Bertz CT molecular complexity index is 812. The zero-order valence-corrected chi connectivity index (χ0v) is 17.1. The molecule has 0 aromatic carbocycles. The molecule has 4 aliphatic rings. The number of rotatable bonds is 4. The van der Waals surface area contributed by atoms with Crippen LogP contribution < -0.4 is 0 Å². The highest BCUT2D eigenvalue weighted by Gasteiger charge is 2.65. The van der Waals surface area contributed by atoms with Crippen LogP contribution in [0.15, 0.2) is 23.3 Å². The number of carbonyl (C=O) groups is 3. The summed E-state index contributed by atoms with van der Waals surface area (Å²) in [6.07, 6.45) is 4.55. The number of carbonyl (C=O) groups excluding carboxylic acids is 3. The van der Waals surface area contributed by atoms with Crippen molar-refractivity contribution < 1.29 is 33.7 Å². The third-order valence-corrected chi connectivity index (χ3v) is 7.74. The maximum absolute atomic E-state index is 12.5. The second kappa shape index (κ2) is 6.97. The molecule has 1 N–H and O–H groups in total. The lowest BCUT2D eigenvalue weighted by Gasteiger charge is -2.59. The quantitative estimate of drug-likeness (QED) is 0.566. The monoisotopic (exact) mass is 404 g/mol. The van der Waals surface area contributed by atoms with Crippen LogP contribution in [0.25, 0.3) is 0 Å². The molecule has 0 aromatic heterocycles. The number of cyclic esters (lactones) is 2. The van der Waals surface area contributed by atoms with Gasteiger partial charge in [-0.3, -0.25) is 4.79 Å². The summed E-state index contributed by atoms with van der Waals surface area (Å²) in [7, 11) is 0. The fraction of sp³-hybridized carbons (Fsp3) is 0.682. The van der Waals surface area contributed by atoms with E-state index in [0.29, 0.717) is 43.4 Å². The van der Waals surface area contributed by atoms with Crippen LogP contribution in [0.1, 0.15) is 46.5 Å². The van der Waals surface area contributed by atoms with Gasteiger partial charge in [-0.25, -0.2) is 9.59 Å². The average molecular weight is 404 g/mol. The van der Waals surface area contributed by atoms with Crippen LogP contribution in [0.3, 0.4) is 0 Å². The zero-order valence-electron chi connectivity index (χ0n) is 17.1. The van der Waals surface area contributed by atoms with E-state index in [-0.39, 0.29) is 41.9 Å². The molecular formula is C22H28O7. The van der Waals surface area contributed by atoms with E-state index < -0.39 is 17.5 Å². The molecule has 2 heterocycles. The lowest BCUT2D eigenvalue weighted by Crippen LogP contribution is -2.58. The average Bonchev–Trinajstić information content (AvgIpc) is 3.21. The van der Waals surface area contributed by atoms with Crippen molar-refractivity contribution in [1.82, 2.24) is 0 Å². The smallest absolute Gasteiger partial charge is 0.334 e. The minimum Gasteiger partial charge on any atom is -0.462 e. The minimum absolute atomic E-state index is 0.0118. The van der Waals surface area contributed by atoms with E-state index in [0.717, 1.165) is 0 Å². The standard InChI is InChI=1S/C22H28O7/c1-12-17(29-13(2)23)10-22-11-28-20(26)16(22)8-15(24)9-18(22)21(12,3)6-4-14-5-7-27-19(14)25/h5,8,12,15,17-18,24H,4,6-7,9-11H2,1-3H3/t12-,15-,17-,18-,21+,22-/m1/s1. The molecule has 0 radical (unpaired) electrons. The molecule has 158 valence electrons. The Hall–Kier alpha value is -2.15. The largest absolute Gasteiger partial charge is 0.462 e. The van der Waals surface area contributed by atoms with Gasteiger partial charge in [0.1, 0.15) is 19.3 Å². The lowest BCUT2D eigenvalue weighted by atomic mass is 9.45. The van der Waals surface area contributed by atoms with E-state index in [1.807, 2.05) is 6.08 Å². The van der Waals surface area contributed by atoms with Gasteiger partial charge < -0.3 is 19.3 Å². The molecule has 2 fully saturated rings. The van der Waals surface area contributed by atoms with Crippen LogP contribution in [-0.2, 0) is 28.6 Å². The molecule has 0 amide bonds. The fourth-order valence-corrected chi connectivity index (χ4v) is 6.05. The Balaban J connectivity index is 1.73. The summed E-state index contributed by atoms with van der Waals surface area (Å²) in [6, 6.07) is 0. The van der Waals surface area contributed by atoms with Gasteiger partial charge in [-0.2, -0.15) is 0 Å². The first-order valence-electron chi connectivity index (χ1n) is 10.3. The van der Waals surface area contributed by atoms with Crippen LogP contribution in [0.5, 0.6) is 0 Å². The summed E-state index contributed by atoms with van der Waals surface area (Å²) >= 11 is 0. The summed E-state index contributed by atoms with van der Waals surface area (Å²) in [4.78, 5) is 36.2. The molecule has 1 saturated heterocycles. The van der Waals surface area contributed by atoms with E-state index in [1.165, 1.54) is 6.92 Å². The molecule has 29 heavy (non-hydrogen) atoms. The van der Waals surface area contributed by atoms with Gasteiger partial charge in [-0.1, -0.05) is 13.8 Å². The van der Waals surface area contributed by atoms with Gasteiger partial charge >= 0.3 is 17.9 Å². The first kappa shape index (κ1) is 20.1. The predicted octanol–water partition coefficient (Wildman–Crippen LogP) is 2.08. The Labute approximate surface area is 170 Å². The molecule has 0 unspecified atom stereocenters. The number of hydrogen-bond donors (Lipinski definition) is 1. The van der Waals surface area contributed by atoms with E-state index in [2.05, 4.69) is 13.8 Å². The maximum atomic E-state index is 12.5. The van der Waals surface area contributed by atoms with E-state index in [1.54, 1.807) is 6.08 Å². The minimum atomic E-state index is -0.721. The highest BCUT2D eigenvalue weighted by molar-refractivity contribution is 5.93. The van der Waals surface area contributed by atoms with Gasteiger partial charge in [-0.15, -0.1) is 0 Å². The van der Waals surface area contributed by atoms with Crippen molar-refractivity contribution in [2.45, 2.75) is 58.7 Å². The second-order valence-corrected chi connectivity index (χ2v) is 9.14. The highest BCUT2D eigenvalue weighted by Crippen LogP contribution is 2.64. The van der Waals surface area contributed by atoms with Crippen LogP contribution in [-0.4, -0.2) is 48.4 Å². The number of ether oxygens (including phenoxy) is 3. The molecule has 0 bridgehead atoms. The summed E-state index contributed by atoms with van der Waals surface area (Å²) in [6.45, 7) is 6.12. The van der Waals surface area contributed by atoms with Crippen molar-refractivity contribution in [2.24, 2.45) is 22.7 Å². The van der Waals surface area contributed by atoms with Crippen molar-refractivity contribution in [3.8, 4) is 0 Å². The molecule has 6 atom stereocenters. The molecule has 1 spiro atoms. The first-order chi connectivity index (χ1) is 13.7. The number of aliphatic hydroxyl groups is 1. The summed E-state index contributed by atoms with van der Waals surface area (Å²) in [5.74, 6) is -1.08. The first-order valence-corrected chi connectivity index (χ1v) is 10.3. The van der Waals surface area contributed by atoms with Crippen molar-refractivity contribution in [3.05, 3.63) is 23.3 Å². The van der Waals surface area contributed by atoms with Crippen LogP contribution in [0.2, 0.25) is 0 Å². The van der Waals surface area contributed by atoms with Gasteiger partial charge in [0.05, 0.1) is 6.10 Å². The van der Waals surface area contributed by atoms with Gasteiger partial charge in [0.25, 0.3) is 0 Å². The van der Waals surface area contributed by atoms with Crippen molar-refractivity contribution in [1.29, 1.82) is 0 Å². The normalized spacial score (nSPS) is 41.0. The molecule has 2 aliphatic heterocycles. The molecule has 4 rings (SSSR count). The number of esters is 3. The second-order valence-electron chi connectivity index (χ2n) is 9.14. The lowest BCUT2D eigenvalue weighted by molar-refractivity contribution is -0.175. The summed E-state index contributed by atoms with van der Waals surface area (Å²) in [5.41, 5.74) is 0.211. The SMILES string of the molecule is CC(=O)O[C@@H]1C[C@@]23COC(=O)C2=C[C@@H](O)C[C@@H]3[C@@](C)(CCC2=CCOC2=O)[C@@H]1C. The molecule has 0 aromatic rings. The van der Waals surface area contributed by atoms with Crippen LogP contribution >= 0.6 is 0 Å². The van der Waals surface area contributed by atoms with Gasteiger partial charge in [0, 0.05) is 23.5 Å². The zero-order chi connectivity index (χ0) is 21.0. The van der Waals surface area contributed by atoms with Gasteiger partial charge in [0.15, 0.2) is 0 Å². The third kappa shape index (κ3) is 3.10. The Morgan fingerprint density at radius 3 is 2.72 bits per heavy atom. The Morgan fingerprint density at radius 1 is 1.31 bits per heavy atom. The molecular weight excluding hydrogens is 376 g/mol. The van der Waals surface area contributed by atoms with Crippen molar-refractivity contribution >= 4 is 17.9 Å². The predicted molar refractivity (Wildman–Crippen MR) is 101 cm³/mol. The van der Waals surface area contributed by atoms with Crippen LogP contribution in [0, 0.1) is 22.7 Å². The van der Waals surface area contributed by atoms with E-state index in [4.69, 9.17) is 14.2 Å². The van der Waals surface area contributed by atoms with E-state index >= 15 is 0 Å². The Morgan fingerprint density at radius 2 is 2.07 bits per heavy atom. The van der Waals surface area contributed by atoms with E-state index in [9.17, 15) is 19.5 Å². The Kier molecular flexibility index (Phi) is 4.84. The summed E-state index contributed by atoms with van der Waals surface area (Å²) < 4.78 is 16.2. The number of hydrogen-bond acceptors (Lipinski definition) is 7. The van der Waals surface area contributed by atoms with Crippen molar-refractivity contribution in [3.63, 3.8) is 0 Å². The fourth-order valence-electron chi connectivity index (χ4n) is 6.05. The van der Waals surface area contributed by atoms with Crippen LogP contribution in [0.4, 0.5) is 0 Å².